The highest BCUT2D eigenvalue weighted by atomic mass is 16.3. The van der Waals surface area contributed by atoms with Crippen molar-refractivity contribution >= 4 is 70.0 Å². The molecule has 5 rings (SSSR count). The van der Waals surface area contributed by atoms with Crippen LogP contribution in [-0.2, 0) is 60.8 Å². The van der Waals surface area contributed by atoms with Gasteiger partial charge in [-0.2, -0.15) is 0 Å². The van der Waals surface area contributed by atoms with Crippen LogP contribution in [0.15, 0.2) is 60.8 Å². The molecule has 2 aliphatic rings. The molecule has 23 nitrogen and oxygen atoms in total. The minimum Gasteiger partial charge on any atom is -0.394 e. The van der Waals surface area contributed by atoms with Gasteiger partial charge in [-0.05, 0) is 42.4 Å². The number of hydrogen-bond acceptors (Lipinski definition) is 12. The molecule has 2 saturated heterocycles. The second kappa shape index (κ2) is 23.9. The highest BCUT2D eigenvalue weighted by Gasteiger charge is 2.40. The zero-order valence-corrected chi connectivity index (χ0v) is 37.6. The zero-order valence-electron chi connectivity index (χ0n) is 37.6. The van der Waals surface area contributed by atoms with Gasteiger partial charge in [-0.15, -0.1) is 0 Å². The molecule has 0 spiro atoms. The summed E-state index contributed by atoms with van der Waals surface area (Å²) in [7, 11) is 0. The lowest BCUT2D eigenvalue weighted by Gasteiger charge is -2.30. The maximum absolute atomic E-state index is 14.0. The highest BCUT2D eigenvalue weighted by Crippen LogP contribution is 2.21. The number of carbonyl (C=O) groups is 10. The lowest BCUT2D eigenvalue weighted by atomic mass is 10.0. The number of benzene rings is 2. The van der Waals surface area contributed by atoms with E-state index in [1.165, 1.54) is 0 Å². The Hall–Kier alpha value is -7.40. The minimum atomic E-state index is -1.66. The molecular formula is C45H59N11O12. The predicted octanol–water partition coefficient (Wildman–Crippen LogP) is -3.87. The molecule has 68 heavy (non-hydrogen) atoms. The molecule has 2 aliphatic heterocycles. The Kier molecular flexibility index (Phi) is 18.1. The van der Waals surface area contributed by atoms with Gasteiger partial charge >= 0.3 is 0 Å². The number of aliphatic hydroxyl groups is 2. The van der Waals surface area contributed by atoms with Crippen molar-refractivity contribution in [3.8, 4) is 0 Å². The number of primary amides is 2. The first-order chi connectivity index (χ1) is 32.4. The molecule has 8 atom stereocenters. The van der Waals surface area contributed by atoms with Crippen LogP contribution in [0.5, 0.6) is 0 Å². The Morgan fingerprint density at radius 1 is 0.706 bits per heavy atom. The van der Waals surface area contributed by atoms with Crippen molar-refractivity contribution < 1.29 is 58.2 Å². The molecular weight excluding hydrogens is 887 g/mol. The molecule has 1 unspecified atom stereocenters. The van der Waals surface area contributed by atoms with E-state index in [1.807, 2.05) is 18.2 Å². The molecule has 366 valence electrons. The van der Waals surface area contributed by atoms with E-state index in [9.17, 15) is 58.2 Å². The fraction of sp³-hybridized carbons (Fsp3) is 0.467. The van der Waals surface area contributed by atoms with Gasteiger partial charge in [0.1, 0.15) is 48.3 Å². The van der Waals surface area contributed by atoms with E-state index in [0.29, 0.717) is 17.5 Å². The highest BCUT2D eigenvalue weighted by molar-refractivity contribution is 5.99. The summed E-state index contributed by atoms with van der Waals surface area (Å²) in [5, 5.41) is 38.7. The molecule has 14 N–H and O–H groups in total. The van der Waals surface area contributed by atoms with Crippen LogP contribution in [0.1, 0.15) is 57.1 Å². The van der Waals surface area contributed by atoms with Crippen molar-refractivity contribution in [1.82, 2.24) is 47.1 Å². The lowest BCUT2D eigenvalue weighted by molar-refractivity contribution is -0.143. The summed E-state index contributed by atoms with van der Waals surface area (Å²) < 4.78 is 0. The summed E-state index contributed by atoms with van der Waals surface area (Å²) in [4.78, 5) is 136. The fourth-order valence-electron chi connectivity index (χ4n) is 8.04. The van der Waals surface area contributed by atoms with Gasteiger partial charge in [0.25, 0.3) is 0 Å². The SMILES string of the molecule is CC(C)[C@@H](NC(=O)[C@@H]1CCC(=O)N1)C(=O)N[C@H](CC(N)=O)C(=O)N[C@@H](Cc1ccccc1)C(=O)N[C@@H](CO)C(=O)N1CCCC1C(=O)N[C@@H](CO)C(=O)N[C@@H](Cc1c[nH]c2ccccc12)C(N)=O. The third-order valence-corrected chi connectivity index (χ3v) is 11.7. The largest absolute Gasteiger partial charge is 0.394 e. The summed E-state index contributed by atoms with van der Waals surface area (Å²) in [6, 6.07) is 4.73. The molecule has 1 aromatic heterocycles. The Bertz CT molecular complexity index is 2360. The van der Waals surface area contributed by atoms with E-state index in [4.69, 9.17) is 11.5 Å². The monoisotopic (exact) mass is 945 g/mol. The lowest BCUT2D eigenvalue weighted by Crippen LogP contribution is -2.61. The van der Waals surface area contributed by atoms with Gasteiger partial charge < -0.3 is 68.8 Å². The first-order valence-electron chi connectivity index (χ1n) is 22.2. The first kappa shape index (κ1) is 51.6. The van der Waals surface area contributed by atoms with Gasteiger partial charge in [0.2, 0.25) is 59.1 Å². The number of aromatic nitrogens is 1. The average molecular weight is 946 g/mol. The number of carbonyl (C=O) groups excluding carboxylic acids is 10. The molecule has 0 aliphatic carbocycles. The van der Waals surface area contributed by atoms with Gasteiger partial charge in [0.05, 0.1) is 19.6 Å². The van der Waals surface area contributed by atoms with Crippen LogP contribution in [-0.4, -0.2) is 147 Å². The van der Waals surface area contributed by atoms with Crippen molar-refractivity contribution in [2.75, 3.05) is 19.8 Å². The number of amides is 10. The van der Waals surface area contributed by atoms with Crippen LogP contribution >= 0.6 is 0 Å². The van der Waals surface area contributed by atoms with E-state index < -0.39 is 127 Å². The van der Waals surface area contributed by atoms with E-state index in [0.717, 1.165) is 15.8 Å². The Morgan fingerprint density at radius 3 is 1.96 bits per heavy atom. The van der Waals surface area contributed by atoms with Crippen LogP contribution in [0.3, 0.4) is 0 Å². The van der Waals surface area contributed by atoms with Crippen LogP contribution in [0.25, 0.3) is 10.9 Å². The van der Waals surface area contributed by atoms with Gasteiger partial charge in [-0.1, -0.05) is 62.4 Å². The summed E-state index contributed by atoms with van der Waals surface area (Å²) in [6.07, 6.45) is 1.52. The zero-order chi connectivity index (χ0) is 49.7. The number of nitrogens with one attached hydrogen (secondary N) is 8. The molecule has 2 aromatic carbocycles. The molecule has 3 heterocycles. The molecule has 0 saturated carbocycles. The molecule has 0 bridgehead atoms. The number of fused-ring (bicyclic) bond motifs is 1. The number of H-pyrrole nitrogens is 1. The molecule has 0 radical (unpaired) electrons. The summed E-state index contributed by atoms with van der Waals surface area (Å²) in [6.45, 7) is 1.40. The number of rotatable bonds is 23. The van der Waals surface area contributed by atoms with Crippen LogP contribution in [0.4, 0.5) is 0 Å². The van der Waals surface area contributed by atoms with Crippen LogP contribution in [0.2, 0.25) is 0 Å². The number of aromatic amines is 1. The maximum atomic E-state index is 14.0. The van der Waals surface area contributed by atoms with Crippen LogP contribution in [0, 0.1) is 5.92 Å². The number of nitrogens with zero attached hydrogens (tertiary/aromatic N) is 1. The van der Waals surface area contributed by atoms with Crippen molar-refractivity contribution in [3.63, 3.8) is 0 Å². The van der Waals surface area contributed by atoms with Crippen molar-refractivity contribution in [2.24, 2.45) is 17.4 Å². The topological polar surface area (TPSA) is 366 Å². The van der Waals surface area contributed by atoms with Gasteiger partial charge in [0, 0.05) is 42.9 Å². The fourth-order valence-corrected chi connectivity index (χ4v) is 8.04. The van der Waals surface area contributed by atoms with E-state index in [1.54, 1.807) is 56.4 Å². The van der Waals surface area contributed by atoms with Crippen LogP contribution < -0.4 is 48.7 Å². The van der Waals surface area contributed by atoms with Crippen molar-refractivity contribution in [3.05, 3.63) is 71.9 Å². The third-order valence-electron chi connectivity index (χ3n) is 11.7. The number of nitrogens with two attached hydrogens (primary N) is 2. The predicted molar refractivity (Wildman–Crippen MR) is 242 cm³/mol. The quantitative estimate of drug-likeness (QED) is 0.0435. The molecule has 2 fully saturated rings. The number of likely N-dealkylation sites (tertiary alicyclic amines) is 1. The van der Waals surface area contributed by atoms with Gasteiger partial charge in [0.15, 0.2) is 0 Å². The maximum Gasteiger partial charge on any atom is 0.248 e. The van der Waals surface area contributed by atoms with E-state index in [-0.39, 0.29) is 44.6 Å². The molecule has 23 heteroatoms. The third kappa shape index (κ3) is 13.6. The smallest absolute Gasteiger partial charge is 0.248 e. The summed E-state index contributed by atoms with van der Waals surface area (Å²) in [5.74, 6) is -8.87. The molecule has 10 amide bonds. The van der Waals surface area contributed by atoms with Crippen molar-refractivity contribution in [2.45, 2.75) is 107 Å². The second-order valence-electron chi connectivity index (χ2n) is 17.1. The molecule has 3 aromatic rings. The van der Waals surface area contributed by atoms with E-state index in [2.05, 4.69) is 42.2 Å². The van der Waals surface area contributed by atoms with Crippen molar-refractivity contribution in [1.29, 1.82) is 0 Å². The minimum absolute atomic E-state index is 0.000459. The second-order valence-corrected chi connectivity index (χ2v) is 17.1. The van der Waals surface area contributed by atoms with Gasteiger partial charge in [-0.25, -0.2) is 0 Å². The first-order valence-corrected chi connectivity index (χ1v) is 22.2. The standard InChI is InChI=1S/C45H59N11O12/c1-23(2)37(55-39(62)28-14-15-36(60)49-28)44(67)52-31(19-35(46)59)41(64)51-30(17-24-9-4-3-5-10-24)40(63)54-33(22-58)45(68)56-16-8-13-34(56)43(66)53-32(21-57)42(65)50-29(38(47)61)18-25-20-48-27-12-7-6-11-26(25)27/h3-7,9-12,20,23,28-34,37,48,57-58H,8,13-19,21-22H2,1-2H3,(H2,46,59)(H2,47,61)(H,49,60)(H,50,65)(H,51,64)(H,52,67)(H,53,66)(H,54,63)(H,55,62)/t28-,29-,30-,31+,32-,33-,34?,37+/m0/s1. The Labute approximate surface area is 390 Å². The number of aliphatic hydroxyl groups excluding tert-OH is 2. The number of para-hydroxylation sites is 1. The van der Waals surface area contributed by atoms with E-state index >= 15 is 0 Å². The number of hydrogen-bond donors (Lipinski definition) is 12. The summed E-state index contributed by atoms with van der Waals surface area (Å²) >= 11 is 0. The average Bonchev–Trinajstić information content (AvgIpc) is 4.08. The summed E-state index contributed by atoms with van der Waals surface area (Å²) in [5.41, 5.74) is 13.1. The Morgan fingerprint density at radius 2 is 1.32 bits per heavy atom. The Balaban J connectivity index is 1.25. The normalized spacial score (nSPS) is 18.2. The van der Waals surface area contributed by atoms with Gasteiger partial charge in [-0.3, -0.25) is 47.9 Å².